The highest BCUT2D eigenvalue weighted by atomic mass is 16.4. The summed E-state index contributed by atoms with van der Waals surface area (Å²) in [5, 5.41) is 26.8. The van der Waals surface area contributed by atoms with Gasteiger partial charge in [-0.3, -0.25) is 4.79 Å². The number of aromatic hydroxyl groups is 1. The number of phenols is 1. The highest BCUT2D eigenvalue weighted by Gasteiger charge is 2.18. The third kappa shape index (κ3) is 2.01. The summed E-state index contributed by atoms with van der Waals surface area (Å²) >= 11 is 0. The van der Waals surface area contributed by atoms with Gasteiger partial charge in [-0.1, -0.05) is 6.07 Å². The van der Waals surface area contributed by atoms with Crippen LogP contribution < -0.4 is 5.73 Å². The van der Waals surface area contributed by atoms with Crippen LogP contribution in [0.2, 0.25) is 0 Å². The average molecular weight is 197 g/mol. The monoisotopic (exact) mass is 197 g/mol. The minimum atomic E-state index is -1.28. The van der Waals surface area contributed by atoms with Crippen molar-refractivity contribution in [2.45, 2.75) is 12.6 Å². The van der Waals surface area contributed by atoms with Crippen LogP contribution in [0, 0.1) is 0 Å². The summed E-state index contributed by atoms with van der Waals surface area (Å²) < 4.78 is 0. The van der Waals surface area contributed by atoms with Crippen molar-refractivity contribution in [3.05, 3.63) is 29.3 Å². The molecule has 0 amide bonds. The van der Waals surface area contributed by atoms with Gasteiger partial charge in [-0.25, -0.2) is 0 Å². The summed E-state index contributed by atoms with van der Waals surface area (Å²) in [5.41, 5.74) is 5.93. The fourth-order valence-corrected chi connectivity index (χ4v) is 1.08. The number of aliphatic hydroxyl groups is 1. The van der Waals surface area contributed by atoms with Crippen molar-refractivity contribution in [2.24, 2.45) is 5.73 Å². The fraction of sp³-hybridized carbons (Fsp3) is 0.222. The van der Waals surface area contributed by atoms with Crippen LogP contribution >= 0.6 is 0 Å². The van der Waals surface area contributed by atoms with Crippen LogP contribution in [0.5, 0.6) is 5.75 Å². The standard InChI is InChI=1S/C9H11NO4/c10-8(9(13)14)6-3-5(4-11)1-2-7(6)12/h1-3,8,11-12H,4,10H2,(H,13,14)/t8-/m0/s1. The first kappa shape index (κ1) is 10.5. The Kier molecular flexibility index (Phi) is 3.06. The highest BCUT2D eigenvalue weighted by Crippen LogP contribution is 2.24. The van der Waals surface area contributed by atoms with Gasteiger partial charge in [0.25, 0.3) is 0 Å². The van der Waals surface area contributed by atoms with Crippen molar-refractivity contribution < 1.29 is 20.1 Å². The van der Waals surface area contributed by atoms with Gasteiger partial charge in [0.15, 0.2) is 0 Å². The van der Waals surface area contributed by atoms with E-state index in [2.05, 4.69) is 0 Å². The van der Waals surface area contributed by atoms with E-state index >= 15 is 0 Å². The lowest BCUT2D eigenvalue weighted by Crippen LogP contribution is -2.20. The smallest absolute Gasteiger partial charge is 0.325 e. The molecule has 0 saturated heterocycles. The second-order valence-electron chi connectivity index (χ2n) is 2.87. The van der Waals surface area contributed by atoms with E-state index < -0.39 is 12.0 Å². The number of carboxylic acids is 1. The van der Waals surface area contributed by atoms with Crippen molar-refractivity contribution in [1.29, 1.82) is 0 Å². The number of benzene rings is 1. The Morgan fingerprint density at radius 3 is 2.64 bits per heavy atom. The van der Waals surface area contributed by atoms with Crippen LogP contribution in [0.25, 0.3) is 0 Å². The summed E-state index contributed by atoms with van der Waals surface area (Å²) in [5.74, 6) is -1.41. The third-order valence-electron chi connectivity index (χ3n) is 1.88. The van der Waals surface area contributed by atoms with Gasteiger partial charge in [-0.2, -0.15) is 0 Å². The summed E-state index contributed by atoms with van der Waals surface area (Å²) in [6.45, 7) is -0.223. The molecule has 0 unspecified atom stereocenters. The van der Waals surface area contributed by atoms with E-state index in [0.717, 1.165) is 0 Å². The minimum Gasteiger partial charge on any atom is -0.508 e. The molecule has 5 heteroatoms. The van der Waals surface area contributed by atoms with E-state index in [9.17, 15) is 9.90 Å². The number of phenolic OH excluding ortho intramolecular Hbond substituents is 1. The molecular formula is C9H11NO4. The first-order valence-electron chi connectivity index (χ1n) is 3.97. The van der Waals surface area contributed by atoms with Gasteiger partial charge in [-0.05, 0) is 17.7 Å². The number of aliphatic hydroxyl groups excluding tert-OH is 1. The molecule has 1 aromatic rings. The molecule has 5 nitrogen and oxygen atoms in total. The van der Waals surface area contributed by atoms with Gasteiger partial charge in [-0.15, -0.1) is 0 Å². The zero-order valence-corrected chi connectivity index (χ0v) is 7.34. The van der Waals surface area contributed by atoms with Gasteiger partial charge in [0, 0.05) is 5.56 Å². The SMILES string of the molecule is N[C@H](C(=O)O)c1cc(CO)ccc1O. The maximum atomic E-state index is 10.6. The maximum Gasteiger partial charge on any atom is 0.325 e. The quantitative estimate of drug-likeness (QED) is 0.544. The van der Waals surface area contributed by atoms with Gasteiger partial charge in [0.05, 0.1) is 6.61 Å². The molecule has 76 valence electrons. The van der Waals surface area contributed by atoms with E-state index in [1.54, 1.807) is 0 Å². The molecular weight excluding hydrogens is 186 g/mol. The number of carbonyl (C=O) groups is 1. The largest absolute Gasteiger partial charge is 0.508 e. The Labute approximate surface area is 80.4 Å². The zero-order chi connectivity index (χ0) is 10.7. The van der Waals surface area contributed by atoms with Gasteiger partial charge in [0.1, 0.15) is 11.8 Å². The summed E-state index contributed by atoms with van der Waals surface area (Å²) in [6.07, 6.45) is 0. The van der Waals surface area contributed by atoms with Crippen molar-refractivity contribution in [3.63, 3.8) is 0 Å². The molecule has 0 heterocycles. The fourth-order valence-electron chi connectivity index (χ4n) is 1.08. The second kappa shape index (κ2) is 4.08. The Morgan fingerprint density at radius 2 is 2.14 bits per heavy atom. The number of hydrogen-bond acceptors (Lipinski definition) is 4. The van der Waals surface area contributed by atoms with Crippen LogP contribution in [0.1, 0.15) is 17.2 Å². The Morgan fingerprint density at radius 1 is 1.50 bits per heavy atom. The van der Waals surface area contributed by atoms with Crippen LogP contribution in [-0.4, -0.2) is 21.3 Å². The van der Waals surface area contributed by atoms with E-state index in [-0.39, 0.29) is 17.9 Å². The zero-order valence-electron chi connectivity index (χ0n) is 7.34. The number of rotatable bonds is 3. The first-order chi connectivity index (χ1) is 6.56. The maximum absolute atomic E-state index is 10.6. The van der Waals surface area contributed by atoms with E-state index in [0.29, 0.717) is 5.56 Å². The number of hydrogen-bond donors (Lipinski definition) is 4. The lowest BCUT2D eigenvalue weighted by Gasteiger charge is -2.10. The summed E-state index contributed by atoms with van der Waals surface area (Å²) in [6, 6.07) is 2.90. The van der Waals surface area contributed by atoms with E-state index in [1.807, 2.05) is 0 Å². The van der Waals surface area contributed by atoms with Crippen molar-refractivity contribution in [3.8, 4) is 5.75 Å². The van der Waals surface area contributed by atoms with E-state index in [1.165, 1.54) is 18.2 Å². The molecule has 0 aromatic heterocycles. The van der Waals surface area contributed by atoms with Crippen LogP contribution in [0.15, 0.2) is 18.2 Å². The van der Waals surface area contributed by atoms with Gasteiger partial charge < -0.3 is 21.1 Å². The lowest BCUT2D eigenvalue weighted by molar-refractivity contribution is -0.138. The number of nitrogens with two attached hydrogens (primary N) is 1. The summed E-state index contributed by atoms with van der Waals surface area (Å²) in [4.78, 5) is 10.6. The molecule has 0 spiro atoms. The van der Waals surface area contributed by atoms with Gasteiger partial charge in [0.2, 0.25) is 0 Å². The van der Waals surface area contributed by atoms with E-state index in [4.69, 9.17) is 15.9 Å². The molecule has 0 saturated carbocycles. The topological polar surface area (TPSA) is 104 Å². The van der Waals surface area contributed by atoms with Crippen LogP contribution in [0.4, 0.5) is 0 Å². The molecule has 0 aliphatic rings. The van der Waals surface area contributed by atoms with Crippen molar-refractivity contribution in [1.82, 2.24) is 0 Å². The molecule has 5 N–H and O–H groups in total. The molecule has 0 aliphatic heterocycles. The Hall–Kier alpha value is -1.59. The predicted molar refractivity (Wildman–Crippen MR) is 48.6 cm³/mol. The number of aliphatic carboxylic acids is 1. The molecule has 14 heavy (non-hydrogen) atoms. The Bertz CT molecular complexity index is 351. The minimum absolute atomic E-state index is 0.101. The van der Waals surface area contributed by atoms with Crippen molar-refractivity contribution in [2.75, 3.05) is 0 Å². The molecule has 0 fully saturated rings. The second-order valence-corrected chi connectivity index (χ2v) is 2.87. The predicted octanol–water partition coefficient (Wildman–Crippen LogP) is -0.0311. The molecule has 1 rings (SSSR count). The highest BCUT2D eigenvalue weighted by molar-refractivity contribution is 5.76. The van der Waals surface area contributed by atoms with Crippen LogP contribution in [0.3, 0.4) is 0 Å². The third-order valence-corrected chi connectivity index (χ3v) is 1.88. The molecule has 1 aromatic carbocycles. The van der Waals surface area contributed by atoms with Gasteiger partial charge >= 0.3 is 5.97 Å². The molecule has 0 aliphatic carbocycles. The molecule has 0 bridgehead atoms. The molecule has 0 radical (unpaired) electrons. The normalized spacial score (nSPS) is 12.4. The molecule has 1 atom stereocenters. The number of carboxylic acid groups (broad SMARTS) is 1. The first-order valence-corrected chi connectivity index (χ1v) is 3.97. The average Bonchev–Trinajstić information content (AvgIpc) is 2.17. The summed E-state index contributed by atoms with van der Waals surface area (Å²) in [7, 11) is 0. The van der Waals surface area contributed by atoms with Crippen LogP contribution in [-0.2, 0) is 11.4 Å². The van der Waals surface area contributed by atoms with Crippen molar-refractivity contribution >= 4 is 5.97 Å². The Balaban J connectivity index is 3.11. The lowest BCUT2D eigenvalue weighted by atomic mass is 10.0.